The summed E-state index contributed by atoms with van der Waals surface area (Å²) in [7, 11) is -7.51. The number of halogens is 1. The lowest BCUT2D eigenvalue weighted by molar-refractivity contribution is -0.122. The fraction of sp³-hybridized carbons (Fsp3) is 0.136. The number of nitrogens with zero attached hydrogens (tertiary/aromatic N) is 1. The van der Waals surface area contributed by atoms with Crippen LogP contribution in [0.1, 0.15) is 0 Å². The Morgan fingerprint density at radius 3 is 2.29 bits per heavy atom. The van der Waals surface area contributed by atoms with E-state index in [2.05, 4.69) is 10.0 Å². The summed E-state index contributed by atoms with van der Waals surface area (Å²) in [5.74, 6) is -0.387. The van der Waals surface area contributed by atoms with E-state index in [4.69, 9.17) is 16.3 Å². The van der Waals surface area contributed by atoms with Crippen molar-refractivity contribution < 1.29 is 26.4 Å². The summed E-state index contributed by atoms with van der Waals surface area (Å²) in [6.45, 7) is -0.245. The molecular formula is C22H20ClN3O6S2. The Balaban J connectivity index is 1.49. The number of hydrogen-bond donors (Lipinski definition) is 2. The lowest BCUT2D eigenvalue weighted by Crippen LogP contribution is -2.48. The van der Waals surface area contributed by atoms with Crippen LogP contribution in [-0.2, 0) is 24.8 Å². The standard InChI is InChI=1S/C22H20ClN3O6S2/c1-33(28,29)26-14-21(32-20-12-7-15(23)13-19(20)26)22(27)24-16-8-10-18(11-9-16)34(30,31)25-17-5-3-2-4-6-17/h2-13,21,25H,14H2,1H3,(H,24,27). The van der Waals surface area contributed by atoms with Gasteiger partial charge in [0, 0.05) is 16.4 Å². The minimum Gasteiger partial charge on any atom is -0.476 e. The zero-order chi connectivity index (χ0) is 24.5. The van der Waals surface area contributed by atoms with E-state index in [1.54, 1.807) is 30.3 Å². The quantitative estimate of drug-likeness (QED) is 0.513. The van der Waals surface area contributed by atoms with Gasteiger partial charge in [-0.3, -0.25) is 13.8 Å². The fourth-order valence-corrected chi connectivity index (χ4v) is 5.47. The van der Waals surface area contributed by atoms with E-state index in [1.807, 2.05) is 0 Å². The predicted molar refractivity (Wildman–Crippen MR) is 130 cm³/mol. The molecule has 0 aromatic heterocycles. The molecule has 1 amide bonds. The number of benzene rings is 3. The van der Waals surface area contributed by atoms with Crippen LogP contribution in [0.15, 0.2) is 77.7 Å². The Hall–Kier alpha value is -3.28. The van der Waals surface area contributed by atoms with E-state index in [-0.39, 0.29) is 22.9 Å². The number of ether oxygens (including phenoxy) is 1. The Labute approximate surface area is 202 Å². The molecule has 0 spiro atoms. The minimum absolute atomic E-state index is 0.0114. The molecule has 34 heavy (non-hydrogen) atoms. The van der Waals surface area contributed by atoms with Gasteiger partial charge in [-0.25, -0.2) is 16.8 Å². The zero-order valence-electron chi connectivity index (χ0n) is 17.8. The highest BCUT2D eigenvalue weighted by atomic mass is 35.5. The molecular weight excluding hydrogens is 502 g/mol. The second kappa shape index (κ2) is 9.16. The first-order valence-electron chi connectivity index (χ1n) is 9.96. The first-order valence-corrected chi connectivity index (χ1v) is 13.7. The van der Waals surface area contributed by atoms with Crippen molar-refractivity contribution in [2.45, 2.75) is 11.0 Å². The van der Waals surface area contributed by atoms with Crippen LogP contribution in [0, 0.1) is 0 Å². The molecule has 4 rings (SSSR count). The smallest absolute Gasteiger partial charge is 0.267 e. The molecule has 1 atom stereocenters. The molecule has 1 unspecified atom stereocenters. The minimum atomic E-state index is -3.81. The van der Waals surface area contributed by atoms with E-state index in [0.29, 0.717) is 16.4 Å². The van der Waals surface area contributed by atoms with Crippen LogP contribution < -0.4 is 19.1 Å². The van der Waals surface area contributed by atoms with Gasteiger partial charge in [-0.2, -0.15) is 0 Å². The molecule has 0 bridgehead atoms. The molecule has 1 aliphatic heterocycles. The highest BCUT2D eigenvalue weighted by molar-refractivity contribution is 7.92. The van der Waals surface area contributed by atoms with Gasteiger partial charge in [0.1, 0.15) is 5.75 Å². The van der Waals surface area contributed by atoms with Crippen LogP contribution in [-0.4, -0.2) is 41.6 Å². The molecule has 0 aliphatic carbocycles. The highest BCUT2D eigenvalue weighted by Crippen LogP contribution is 2.37. The summed E-state index contributed by atoms with van der Waals surface area (Å²) in [5, 5.41) is 2.96. The van der Waals surface area contributed by atoms with Crippen LogP contribution in [0.2, 0.25) is 5.02 Å². The number of anilines is 3. The number of rotatable bonds is 6. The summed E-state index contributed by atoms with van der Waals surface area (Å²) in [6, 6.07) is 18.5. The number of fused-ring (bicyclic) bond motifs is 1. The highest BCUT2D eigenvalue weighted by Gasteiger charge is 2.35. The molecule has 0 radical (unpaired) electrons. The van der Waals surface area contributed by atoms with Gasteiger partial charge in [0.25, 0.3) is 15.9 Å². The predicted octanol–water partition coefficient (Wildman–Crippen LogP) is 3.31. The number of nitrogens with one attached hydrogen (secondary N) is 2. The summed E-state index contributed by atoms with van der Waals surface area (Å²) >= 11 is 5.98. The van der Waals surface area contributed by atoms with Gasteiger partial charge in [-0.05, 0) is 54.6 Å². The van der Waals surface area contributed by atoms with Crippen LogP contribution in [0.5, 0.6) is 5.75 Å². The Morgan fingerprint density at radius 2 is 1.65 bits per heavy atom. The van der Waals surface area contributed by atoms with E-state index < -0.39 is 32.1 Å². The number of hydrogen-bond acceptors (Lipinski definition) is 6. The van der Waals surface area contributed by atoms with Gasteiger partial charge in [-0.1, -0.05) is 29.8 Å². The van der Waals surface area contributed by atoms with Crippen molar-refractivity contribution >= 4 is 54.6 Å². The third-order valence-electron chi connectivity index (χ3n) is 4.94. The van der Waals surface area contributed by atoms with Crippen molar-refractivity contribution in [1.82, 2.24) is 0 Å². The van der Waals surface area contributed by atoms with Crippen molar-refractivity contribution in [3.63, 3.8) is 0 Å². The third kappa shape index (κ3) is 5.27. The average Bonchev–Trinajstić information content (AvgIpc) is 2.78. The van der Waals surface area contributed by atoms with E-state index >= 15 is 0 Å². The number of carbonyl (C=O) groups is 1. The van der Waals surface area contributed by atoms with Crippen LogP contribution >= 0.6 is 11.6 Å². The molecule has 1 aliphatic rings. The van der Waals surface area contributed by atoms with Crippen molar-refractivity contribution in [3.05, 3.63) is 77.8 Å². The SMILES string of the molecule is CS(=O)(=O)N1CC(C(=O)Nc2ccc(S(=O)(=O)Nc3ccccc3)cc2)Oc2ccc(Cl)cc21. The molecule has 12 heteroatoms. The summed E-state index contributed by atoms with van der Waals surface area (Å²) < 4.78 is 58.9. The van der Waals surface area contributed by atoms with Gasteiger partial charge in [0.15, 0.2) is 6.10 Å². The zero-order valence-corrected chi connectivity index (χ0v) is 20.2. The van der Waals surface area contributed by atoms with Crippen molar-refractivity contribution in [1.29, 1.82) is 0 Å². The summed E-state index contributed by atoms with van der Waals surface area (Å²) in [5.41, 5.74) is 0.992. The molecule has 1 heterocycles. The van der Waals surface area contributed by atoms with Gasteiger partial charge in [0.2, 0.25) is 10.0 Å². The third-order valence-corrected chi connectivity index (χ3v) is 7.72. The second-order valence-electron chi connectivity index (χ2n) is 7.50. The number of para-hydroxylation sites is 1. The van der Waals surface area contributed by atoms with Gasteiger partial charge < -0.3 is 10.1 Å². The molecule has 0 saturated heterocycles. The van der Waals surface area contributed by atoms with Crippen molar-refractivity contribution in [2.24, 2.45) is 0 Å². The summed E-state index contributed by atoms with van der Waals surface area (Å²) in [6.07, 6.45) is -0.104. The Kier molecular flexibility index (Phi) is 6.43. The maximum Gasteiger partial charge on any atom is 0.267 e. The van der Waals surface area contributed by atoms with Crippen LogP contribution in [0.3, 0.4) is 0 Å². The van der Waals surface area contributed by atoms with E-state index in [0.717, 1.165) is 10.6 Å². The lowest BCUT2D eigenvalue weighted by atomic mass is 10.2. The maximum absolute atomic E-state index is 12.8. The van der Waals surface area contributed by atoms with Gasteiger partial charge in [0.05, 0.1) is 23.4 Å². The number of carbonyl (C=O) groups excluding carboxylic acids is 1. The van der Waals surface area contributed by atoms with Gasteiger partial charge >= 0.3 is 0 Å². The van der Waals surface area contributed by atoms with E-state index in [9.17, 15) is 21.6 Å². The Morgan fingerprint density at radius 1 is 0.971 bits per heavy atom. The lowest BCUT2D eigenvalue weighted by Gasteiger charge is -2.34. The monoisotopic (exact) mass is 521 g/mol. The molecule has 0 fully saturated rings. The van der Waals surface area contributed by atoms with Crippen molar-refractivity contribution in [3.8, 4) is 5.75 Å². The van der Waals surface area contributed by atoms with Gasteiger partial charge in [-0.15, -0.1) is 0 Å². The Bertz CT molecular complexity index is 1430. The summed E-state index contributed by atoms with van der Waals surface area (Å²) in [4.78, 5) is 12.8. The molecule has 2 N–H and O–H groups in total. The van der Waals surface area contributed by atoms with Crippen LogP contribution in [0.4, 0.5) is 17.1 Å². The van der Waals surface area contributed by atoms with Crippen molar-refractivity contribution in [2.75, 3.05) is 27.1 Å². The van der Waals surface area contributed by atoms with Crippen LogP contribution in [0.25, 0.3) is 0 Å². The first-order chi connectivity index (χ1) is 16.0. The fourth-order valence-electron chi connectivity index (χ4n) is 3.34. The first kappa shape index (κ1) is 23.9. The topological polar surface area (TPSA) is 122 Å². The largest absolute Gasteiger partial charge is 0.476 e. The maximum atomic E-state index is 12.8. The average molecular weight is 522 g/mol. The van der Waals surface area contributed by atoms with E-state index in [1.165, 1.54) is 42.5 Å². The molecule has 0 saturated carbocycles. The molecule has 3 aromatic rings. The normalized spacial score (nSPS) is 15.7. The number of sulfonamides is 2. The molecule has 9 nitrogen and oxygen atoms in total. The molecule has 3 aromatic carbocycles. The molecule has 178 valence electrons. The number of amides is 1. The second-order valence-corrected chi connectivity index (χ2v) is 11.5.